The fourth-order valence-electron chi connectivity index (χ4n) is 3.99. The number of aromatic nitrogens is 2. The molecule has 4 aromatic rings. The fraction of sp³-hybridized carbons (Fsp3) is 0.393. The van der Waals surface area contributed by atoms with Crippen LogP contribution in [0.15, 0.2) is 45.6 Å². The van der Waals surface area contributed by atoms with Crippen LogP contribution >= 0.6 is 0 Å². The Bertz CT molecular complexity index is 1480. The van der Waals surface area contributed by atoms with Gasteiger partial charge in [-0.15, -0.1) is 0 Å². The molecule has 6 heteroatoms. The third-order valence-corrected chi connectivity index (χ3v) is 5.96. The lowest BCUT2D eigenvalue weighted by atomic mass is 9.88. The molecule has 0 saturated heterocycles. The quantitative estimate of drug-likeness (QED) is 0.270. The zero-order chi connectivity index (χ0) is 25.0. The van der Waals surface area contributed by atoms with Crippen molar-refractivity contribution < 1.29 is 13.9 Å². The molecule has 0 aliphatic carbocycles. The van der Waals surface area contributed by atoms with Crippen molar-refractivity contribution in [1.29, 1.82) is 0 Å². The molecule has 0 amide bonds. The number of hydrogen-bond donors (Lipinski definition) is 0. The van der Waals surface area contributed by atoms with Crippen LogP contribution in [0.25, 0.3) is 33.4 Å². The lowest BCUT2D eigenvalue weighted by Gasteiger charge is -2.22. The summed E-state index contributed by atoms with van der Waals surface area (Å²) >= 11 is 0. The lowest BCUT2D eigenvalue weighted by molar-refractivity contribution is -0.143. The maximum Gasteiger partial charge on any atom is 0.316 e. The van der Waals surface area contributed by atoms with E-state index in [-0.39, 0.29) is 11.4 Å². The lowest BCUT2D eigenvalue weighted by Crippen LogP contribution is -2.26. The fourth-order valence-corrected chi connectivity index (χ4v) is 3.99. The normalized spacial score (nSPS) is 12.5. The number of benzene rings is 2. The van der Waals surface area contributed by atoms with E-state index in [2.05, 4.69) is 0 Å². The molecule has 0 saturated carbocycles. The molecule has 0 N–H and O–H groups in total. The van der Waals surface area contributed by atoms with Crippen molar-refractivity contribution in [3.8, 4) is 17.1 Å². The molecule has 34 heavy (non-hydrogen) atoms. The van der Waals surface area contributed by atoms with Crippen molar-refractivity contribution in [2.24, 2.45) is 12.5 Å². The van der Waals surface area contributed by atoms with Crippen LogP contribution in [0.2, 0.25) is 0 Å². The maximum absolute atomic E-state index is 14.0. The summed E-state index contributed by atoms with van der Waals surface area (Å²) in [6.07, 6.45) is 0.602. The van der Waals surface area contributed by atoms with Gasteiger partial charge in [-0.1, -0.05) is 39.8 Å². The van der Waals surface area contributed by atoms with E-state index in [1.54, 1.807) is 12.1 Å². The molecule has 6 nitrogen and oxygen atoms in total. The van der Waals surface area contributed by atoms with E-state index >= 15 is 0 Å². The minimum absolute atomic E-state index is 0.145. The second kappa shape index (κ2) is 8.12. The number of carbonyl (C=O) groups excluding carboxylic acids is 1. The van der Waals surface area contributed by atoms with Gasteiger partial charge in [-0.2, -0.15) is 0 Å². The van der Waals surface area contributed by atoms with Gasteiger partial charge in [0.15, 0.2) is 0 Å². The molecular weight excluding hydrogens is 428 g/mol. The highest BCUT2D eigenvalue weighted by atomic mass is 16.5. The highest BCUT2D eigenvalue weighted by Crippen LogP contribution is 2.36. The average molecular weight is 461 g/mol. The molecule has 4 rings (SSSR count). The summed E-state index contributed by atoms with van der Waals surface area (Å²) < 4.78 is 14.1. The minimum Gasteiger partial charge on any atom is -0.459 e. The molecular formula is C28H32N2O4. The number of carbonyl (C=O) groups is 1. The Labute approximate surface area is 199 Å². The highest BCUT2D eigenvalue weighted by Gasteiger charge is 2.30. The van der Waals surface area contributed by atoms with E-state index in [1.165, 1.54) is 0 Å². The van der Waals surface area contributed by atoms with Crippen molar-refractivity contribution in [2.45, 2.75) is 60.3 Å². The van der Waals surface area contributed by atoms with E-state index in [1.807, 2.05) is 84.3 Å². The summed E-state index contributed by atoms with van der Waals surface area (Å²) in [6.45, 7) is 13.4. The second-order valence-corrected chi connectivity index (χ2v) is 10.8. The Morgan fingerprint density at radius 2 is 1.76 bits per heavy atom. The minimum atomic E-state index is -0.651. The number of para-hydroxylation sites is 2. The van der Waals surface area contributed by atoms with Crippen LogP contribution in [0, 0.1) is 5.41 Å². The number of hydrogen-bond acceptors (Lipinski definition) is 5. The van der Waals surface area contributed by atoms with E-state index in [9.17, 15) is 9.59 Å². The SMILES string of the molecule is CCc1cc2c(=O)c(-c3nc4ccccc4n3C)c(C(C)(C)C)oc2cc1OC(=O)C(C)(C)C. The summed E-state index contributed by atoms with van der Waals surface area (Å²) in [5, 5.41) is 0.447. The largest absolute Gasteiger partial charge is 0.459 e. The van der Waals surface area contributed by atoms with Gasteiger partial charge in [-0.05, 0) is 51.0 Å². The van der Waals surface area contributed by atoms with E-state index in [0.29, 0.717) is 40.3 Å². The number of fused-ring (bicyclic) bond motifs is 2. The standard InChI is InChI=1S/C28H32N2O4/c1-9-16-14-17-21(15-20(16)34-26(32)28(5,6)7)33-24(27(2,3)4)22(23(17)31)25-29-18-12-10-11-13-19(18)30(25)8/h10-15H,9H2,1-8H3. The first kappa shape index (κ1) is 23.7. The topological polar surface area (TPSA) is 74.3 Å². The van der Waals surface area contributed by atoms with Crippen LogP contribution in [-0.4, -0.2) is 15.5 Å². The summed E-state index contributed by atoms with van der Waals surface area (Å²) in [5.74, 6) is 1.20. The van der Waals surface area contributed by atoms with E-state index in [4.69, 9.17) is 14.1 Å². The van der Waals surface area contributed by atoms with Gasteiger partial charge in [0.25, 0.3) is 0 Å². The van der Waals surface area contributed by atoms with Gasteiger partial charge in [0.1, 0.15) is 28.5 Å². The number of aryl methyl sites for hydroxylation is 2. The molecule has 2 aromatic heterocycles. The number of esters is 1. The number of rotatable bonds is 3. The van der Waals surface area contributed by atoms with Gasteiger partial charge in [-0.3, -0.25) is 9.59 Å². The third-order valence-electron chi connectivity index (χ3n) is 5.96. The van der Waals surface area contributed by atoms with Crippen LogP contribution in [0.1, 0.15) is 59.8 Å². The molecule has 0 unspecified atom stereocenters. The predicted octanol–water partition coefficient (Wildman–Crippen LogP) is 6.16. The summed E-state index contributed by atoms with van der Waals surface area (Å²) in [7, 11) is 1.91. The molecule has 0 aliphatic heterocycles. The highest BCUT2D eigenvalue weighted by molar-refractivity contribution is 5.88. The summed E-state index contributed by atoms with van der Waals surface area (Å²) in [4.78, 5) is 31.3. The number of nitrogens with zero attached hydrogens (tertiary/aromatic N) is 2. The zero-order valence-corrected chi connectivity index (χ0v) is 21.2. The number of imidazole rings is 1. The Kier molecular flexibility index (Phi) is 5.67. The van der Waals surface area contributed by atoms with Crippen molar-refractivity contribution in [2.75, 3.05) is 0 Å². The molecule has 0 spiro atoms. The van der Waals surface area contributed by atoms with Crippen molar-refractivity contribution in [3.63, 3.8) is 0 Å². The van der Waals surface area contributed by atoms with Gasteiger partial charge in [0.2, 0.25) is 5.43 Å². The molecule has 2 aromatic carbocycles. The van der Waals surface area contributed by atoms with Gasteiger partial charge < -0.3 is 13.7 Å². The Morgan fingerprint density at radius 3 is 2.35 bits per heavy atom. The molecule has 0 radical (unpaired) electrons. The summed E-state index contributed by atoms with van der Waals surface area (Å²) in [6, 6.07) is 11.3. The average Bonchev–Trinajstić information content (AvgIpc) is 3.08. The Morgan fingerprint density at radius 1 is 1.09 bits per heavy atom. The molecule has 0 bridgehead atoms. The Hall–Kier alpha value is -3.41. The van der Waals surface area contributed by atoms with Crippen molar-refractivity contribution in [3.05, 3.63) is 57.9 Å². The van der Waals surface area contributed by atoms with Crippen LogP contribution < -0.4 is 10.2 Å². The van der Waals surface area contributed by atoms with Crippen LogP contribution in [0.4, 0.5) is 0 Å². The number of ether oxygens (including phenoxy) is 1. The maximum atomic E-state index is 14.0. The molecule has 178 valence electrons. The monoisotopic (exact) mass is 460 g/mol. The summed E-state index contributed by atoms with van der Waals surface area (Å²) in [5.41, 5.74) is 2.12. The first-order valence-corrected chi connectivity index (χ1v) is 11.6. The third kappa shape index (κ3) is 4.02. The van der Waals surface area contributed by atoms with Crippen LogP contribution in [0.5, 0.6) is 5.75 Å². The molecule has 0 fully saturated rings. The smallest absolute Gasteiger partial charge is 0.316 e. The predicted molar refractivity (Wildman–Crippen MR) is 135 cm³/mol. The van der Waals surface area contributed by atoms with Crippen LogP contribution in [0.3, 0.4) is 0 Å². The van der Waals surface area contributed by atoms with Gasteiger partial charge in [0, 0.05) is 18.5 Å². The zero-order valence-electron chi connectivity index (χ0n) is 21.2. The van der Waals surface area contributed by atoms with Gasteiger partial charge in [-0.25, -0.2) is 4.98 Å². The van der Waals surface area contributed by atoms with Crippen LogP contribution in [-0.2, 0) is 23.7 Å². The first-order valence-electron chi connectivity index (χ1n) is 11.6. The molecule has 0 aliphatic rings. The Balaban J connectivity index is 2.03. The van der Waals surface area contributed by atoms with Crippen molar-refractivity contribution >= 4 is 28.0 Å². The van der Waals surface area contributed by atoms with E-state index in [0.717, 1.165) is 16.6 Å². The molecule has 2 heterocycles. The molecule has 0 atom stereocenters. The van der Waals surface area contributed by atoms with E-state index < -0.39 is 10.8 Å². The van der Waals surface area contributed by atoms with Gasteiger partial charge in [0.05, 0.1) is 21.8 Å². The first-order chi connectivity index (χ1) is 15.8. The van der Waals surface area contributed by atoms with Crippen molar-refractivity contribution in [1.82, 2.24) is 9.55 Å². The van der Waals surface area contributed by atoms with Gasteiger partial charge >= 0.3 is 5.97 Å². The second-order valence-electron chi connectivity index (χ2n) is 10.8.